The fraction of sp³-hybridized carbons (Fsp3) is 0.385. The van der Waals surface area contributed by atoms with Crippen molar-refractivity contribution >= 4 is 22.6 Å². The second-order valence-electron chi connectivity index (χ2n) is 9.24. The second kappa shape index (κ2) is 10.5. The van der Waals surface area contributed by atoms with Gasteiger partial charge in [0.2, 0.25) is 5.91 Å². The number of carbonyl (C=O) groups is 2. The lowest BCUT2D eigenvalue weighted by Crippen LogP contribution is -2.54. The third-order valence-electron chi connectivity index (χ3n) is 6.90. The van der Waals surface area contributed by atoms with Gasteiger partial charge >= 0.3 is 0 Å². The number of rotatable bonds is 5. The summed E-state index contributed by atoms with van der Waals surface area (Å²) >= 11 is 0. The number of amides is 2. The van der Waals surface area contributed by atoms with Crippen molar-refractivity contribution in [2.45, 2.75) is 6.42 Å². The van der Waals surface area contributed by atoms with Crippen molar-refractivity contribution in [3.8, 4) is 0 Å². The van der Waals surface area contributed by atoms with E-state index < -0.39 is 5.82 Å². The molecule has 0 radical (unpaired) electrons. The molecule has 2 aliphatic rings. The van der Waals surface area contributed by atoms with Crippen LogP contribution in [-0.4, -0.2) is 95.6 Å². The van der Waals surface area contributed by atoms with Crippen molar-refractivity contribution in [1.82, 2.24) is 30.2 Å². The first kappa shape index (κ1) is 24.1. The molecule has 10 heteroatoms. The Kier molecular flexibility index (Phi) is 7.06. The van der Waals surface area contributed by atoms with Crippen LogP contribution in [0.15, 0.2) is 47.3 Å². The van der Waals surface area contributed by atoms with Gasteiger partial charge in [0.15, 0.2) is 0 Å². The molecule has 2 aromatic carbocycles. The number of nitrogens with zero attached hydrogens (tertiary/aromatic N) is 4. The lowest BCUT2D eigenvalue weighted by molar-refractivity contribution is -0.134. The van der Waals surface area contributed by atoms with Crippen LogP contribution in [0.25, 0.3) is 10.8 Å². The van der Waals surface area contributed by atoms with E-state index in [4.69, 9.17) is 0 Å². The summed E-state index contributed by atoms with van der Waals surface area (Å²) in [5.74, 6) is -0.902. The maximum Gasteiger partial charge on any atom is 0.272 e. The number of halogens is 1. The molecular weight excluding hydrogens is 463 g/mol. The largest absolute Gasteiger partial charge is 0.338 e. The minimum atomic E-state index is -0.583. The number of nitrogens with one attached hydrogen (secondary N) is 2. The molecule has 0 unspecified atom stereocenters. The summed E-state index contributed by atoms with van der Waals surface area (Å²) < 4.78 is 14.7. The third-order valence-corrected chi connectivity index (χ3v) is 6.90. The van der Waals surface area contributed by atoms with Crippen molar-refractivity contribution in [2.24, 2.45) is 0 Å². The Bertz CT molecular complexity index is 1330. The molecule has 5 rings (SSSR count). The van der Waals surface area contributed by atoms with Crippen LogP contribution in [0.3, 0.4) is 0 Å². The van der Waals surface area contributed by atoms with Gasteiger partial charge in [0.1, 0.15) is 5.82 Å². The van der Waals surface area contributed by atoms with Gasteiger partial charge in [0, 0.05) is 64.2 Å². The van der Waals surface area contributed by atoms with E-state index in [1.807, 2.05) is 12.1 Å². The highest BCUT2D eigenvalue weighted by atomic mass is 19.1. The number of hydrogen-bond acceptors (Lipinski definition) is 6. The summed E-state index contributed by atoms with van der Waals surface area (Å²) in [6, 6.07) is 11.7. The molecule has 2 saturated heterocycles. The van der Waals surface area contributed by atoms with Gasteiger partial charge in [-0.3, -0.25) is 19.3 Å². The number of aromatic nitrogens is 2. The highest BCUT2D eigenvalue weighted by Gasteiger charge is 2.27. The molecule has 2 N–H and O–H groups in total. The van der Waals surface area contributed by atoms with Crippen LogP contribution in [0.5, 0.6) is 0 Å². The Hall–Kier alpha value is -3.63. The molecule has 0 aliphatic carbocycles. The van der Waals surface area contributed by atoms with Crippen LogP contribution in [-0.2, 0) is 11.2 Å². The van der Waals surface area contributed by atoms with Crippen molar-refractivity contribution in [3.63, 3.8) is 0 Å². The number of fused-ring (bicyclic) bond motifs is 1. The van der Waals surface area contributed by atoms with E-state index in [9.17, 15) is 18.8 Å². The molecule has 0 atom stereocenters. The summed E-state index contributed by atoms with van der Waals surface area (Å²) in [6.45, 7) is 5.46. The van der Waals surface area contributed by atoms with Crippen LogP contribution in [0.1, 0.15) is 21.6 Å². The Morgan fingerprint density at radius 1 is 0.917 bits per heavy atom. The molecule has 2 amide bonds. The van der Waals surface area contributed by atoms with Crippen molar-refractivity contribution < 1.29 is 14.0 Å². The zero-order valence-corrected chi connectivity index (χ0v) is 20.0. The molecule has 0 saturated carbocycles. The Morgan fingerprint density at radius 3 is 2.36 bits per heavy atom. The molecule has 188 valence electrons. The summed E-state index contributed by atoms with van der Waals surface area (Å²) in [5, 5.41) is 11.2. The second-order valence-corrected chi connectivity index (χ2v) is 9.24. The topological polar surface area (TPSA) is 102 Å². The van der Waals surface area contributed by atoms with E-state index in [0.29, 0.717) is 55.8 Å². The number of piperazine rings is 2. The van der Waals surface area contributed by atoms with E-state index in [1.165, 1.54) is 6.07 Å². The van der Waals surface area contributed by atoms with Crippen LogP contribution < -0.4 is 10.9 Å². The summed E-state index contributed by atoms with van der Waals surface area (Å²) in [7, 11) is 0. The first-order valence-electron chi connectivity index (χ1n) is 12.2. The number of hydrogen-bond donors (Lipinski definition) is 2. The first-order valence-corrected chi connectivity index (χ1v) is 12.2. The van der Waals surface area contributed by atoms with Crippen molar-refractivity contribution in [3.05, 3.63) is 75.5 Å². The fourth-order valence-corrected chi connectivity index (χ4v) is 4.84. The number of H-pyrrole nitrogens is 1. The van der Waals surface area contributed by atoms with Gasteiger partial charge in [-0.05, 0) is 23.8 Å². The van der Waals surface area contributed by atoms with E-state index >= 15 is 0 Å². The summed E-state index contributed by atoms with van der Waals surface area (Å²) in [6.07, 6.45) is 0.339. The number of benzene rings is 2. The van der Waals surface area contributed by atoms with Gasteiger partial charge in [0.05, 0.1) is 23.2 Å². The average Bonchev–Trinajstić information content (AvgIpc) is 2.92. The maximum absolute atomic E-state index is 14.7. The van der Waals surface area contributed by atoms with Crippen LogP contribution >= 0.6 is 0 Å². The zero-order chi connectivity index (χ0) is 25.1. The van der Waals surface area contributed by atoms with E-state index in [0.717, 1.165) is 31.6 Å². The molecule has 2 aliphatic heterocycles. The summed E-state index contributed by atoms with van der Waals surface area (Å²) in [5.41, 5.74) is 1.10. The van der Waals surface area contributed by atoms with Gasteiger partial charge < -0.3 is 15.1 Å². The van der Waals surface area contributed by atoms with E-state index in [2.05, 4.69) is 20.4 Å². The lowest BCUT2D eigenvalue weighted by atomic mass is 10.0. The van der Waals surface area contributed by atoms with Crippen LogP contribution in [0, 0.1) is 5.82 Å². The van der Waals surface area contributed by atoms with Crippen molar-refractivity contribution in [2.75, 3.05) is 58.9 Å². The predicted octanol–water partition coefficient (Wildman–Crippen LogP) is 0.843. The maximum atomic E-state index is 14.7. The molecule has 0 spiro atoms. The van der Waals surface area contributed by atoms with Gasteiger partial charge in [-0.1, -0.05) is 24.3 Å². The highest BCUT2D eigenvalue weighted by molar-refractivity contribution is 5.95. The van der Waals surface area contributed by atoms with Gasteiger partial charge in [0.25, 0.3) is 11.5 Å². The molecule has 3 aromatic rings. The third kappa shape index (κ3) is 5.14. The molecule has 2 fully saturated rings. The predicted molar refractivity (Wildman–Crippen MR) is 133 cm³/mol. The first-order chi connectivity index (χ1) is 17.5. The quantitative estimate of drug-likeness (QED) is 0.548. The standard InChI is InChI=1S/C26H29FN6O3/c27-22-6-5-18(16-23-19-3-1-2-4-20(19)25(35)30-29-23)15-21(22)26(36)33-13-11-32(12-14-33)24(34)17-31-9-7-28-8-10-31/h1-6,15,28H,7-14,16-17H2,(H,30,35). The smallest absolute Gasteiger partial charge is 0.272 e. The van der Waals surface area contributed by atoms with Crippen LogP contribution in [0.4, 0.5) is 4.39 Å². The molecule has 0 bridgehead atoms. The number of aromatic amines is 1. The zero-order valence-electron chi connectivity index (χ0n) is 20.0. The highest BCUT2D eigenvalue weighted by Crippen LogP contribution is 2.20. The molecule has 3 heterocycles. The molecule has 36 heavy (non-hydrogen) atoms. The summed E-state index contributed by atoms with van der Waals surface area (Å²) in [4.78, 5) is 43.4. The Balaban J connectivity index is 1.25. The van der Waals surface area contributed by atoms with Gasteiger partial charge in [-0.25, -0.2) is 9.49 Å². The Labute approximate surface area is 207 Å². The molecule has 1 aromatic heterocycles. The lowest BCUT2D eigenvalue weighted by Gasteiger charge is -2.36. The normalized spacial score (nSPS) is 16.9. The monoisotopic (exact) mass is 492 g/mol. The van der Waals surface area contributed by atoms with Crippen molar-refractivity contribution in [1.29, 1.82) is 0 Å². The van der Waals surface area contributed by atoms with E-state index in [-0.39, 0.29) is 22.9 Å². The van der Waals surface area contributed by atoms with E-state index in [1.54, 1.807) is 34.1 Å². The Morgan fingerprint density at radius 2 is 1.61 bits per heavy atom. The molecular formula is C26H29FN6O3. The minimum Gasteiger partial charge on any atom is -0.338 e. The fourth-order valence-electron chi connectivity index (χ4n) is 4.84. The minimum absolute atomic E-state index is 0.00169. The van der Waals surface area contributed by atoms with Gasteiger partial charge in [-0.15, -0.1) is 0 Å². The van der Waals surface area contributed by atoms with Crippen LogP contribution in [0.2, 0.25) is 0 Å². The average molecular weight is 493 g/mol. The van der Waals surface area contributed by atoms with Gasteiger partial charge in [-0.2, -0.15) is 5.10 Å². The number of carbonyl (C=O) groups excluding carboxylic acids is 2. The SMILES string of the molecule is O=C(CN1CCNCC1)N1CCN(C(=O)c2cc(Cc3n[nH]c(=O)c4ccccc34)ccc2F)CC1. The molecule has 9 nitrogen and oxygen atoms in total.